The number of hydrogen-bond acceptors (Lipinski definition) is 2. The van der Waals surface area contributed by atoms with E-state index in [4.69, 9.17) is 11.5 Å². The predicted octanol–water partition coefficient (Wildman–Crippen LogP) is 2.82. The molecule has 22 heavy (non-hydrogen) atoms. The third-order valence-electron chi connectivity index (χ3n) is 3.56. The van der Waals surface area contributed by atoms with E-state index < -0.39 is 6.03 Å². The van der Waals surface area contributed by atoms with Crippen molar-refractivity contribution in [2.75, 3.05) is 5.73 Å². The second-order valence-corrected chi connectivity index (χ2v) is 4.93. The first-order chi connectivity index (χ1) is 10.7. The Morgan fingerprint density at radius 1 is 0.818 bits per heavy atom. The molecule has 0 aliphatic rings. The summed E-state index contributed by atoms with van der Waals surface area (Å²) in [5.41, 5.74) is 15.3. The number of nitrogens with zero attached hydrogens (tertiary/aromatic N) is 1. The van der Waals surface area contributed by atoms with Crippen LogP contribution >= 0.6 is 0 Å². The van der Waals surface area contributed by atoms with Crippen LogP contribution in [0.5, 0.6) is 0 Å². The van der Waals surface area contributed by atoms with Gasteiger partial charge >= 0.3 is 6.03 Å². The topological polar surface area (TPSA) is 73.0 Å². The van der Waals surface area contributed by atoms with Crippen molar-refractivity contribution in [2.24, 2.45) is 5.73 Å². The number of pyridine rings is 1. The van der Waals surface area contributed by atoms with E-state index in [2.05, 4.69) is 0 Å². The molecule has 0 unspecified atom stereocenters. The van der Waals surface area contributed by atoms with Crippen molar-refractivity contribution in [1.29, 1.82) is 0 Å². The maximum atomic E-state index is 11.6. The molecule has 0 aliphatic carbocycles. The van der Waals surface area contributed by atoms with Crippen molar-refractivity contribution in [3.63, 3.8) is 0 Å². The maximum absolute atomic E-state index is 11.6. The Morgan fingerprint density at radius 3 is 1.91 bits per heavy atom. The number of nitrogens with two attached hydrogens (primary N) is 2. The van der Waals surface area contributed by atoms with Crippen LogP contribution in [0, 0.1) is 0 Å². The van der Waals surface area contributed by atoms with E-state index in [1.807, 2.05) is 66.7 Å². The van der Waals surface area contributed by atoms with Crippen LogP contribution in [0.2, 0.25) is 0 Å². The monoisotopic (exact) mass is 290 g/mol. The summed E-state index contributed by atoms with van der Waals surface area (Å²) in [4.78, 5) is 11.6. The third kappa shape index (κ3) is 2.42. The van der Waals surface area contributed by atoms with Gasteiger partial charge in [-0.3, -0.25) is 5.73 Å². The summed E-state index contributed by atoms with van der Waals surface area (Å²) in [5, 5.41) is 0. The van der Waals surface area contributed by atoms with E-state index in [9.17, 15) is 4.79 Å². The van der Waals surface area contributed by atoms with E-state index in [0.717, 1.165) is 22.3 Å². The van der Waals surface area contributed by atoms with Crippen LogP contribution in [0.4, 0.5) is 10.6 Å². The average molecular weight is 290 g/mol. The van der Waals surface area contributed by atoms with Gasteiger partial charge in [0.25, 0.3) is 0 Å². The third-order valence-corrected chi connectivity index (χ3v) is 3.56. The van der Waals surface area contributed by atoms with Crippen LogP contribution in [-0.4, -0.2) is 6.03 Å². The van der Waals surface area contributed by atoms with E-state index >= 15 is 0 Å². The molecule has 4 N–H and O–H groups in total. The number of nitrogen functional groups attached to an aromatic ring is 1. The zero-order valence-corrected chi connectivity index (χ0v) is 11.9. The Morgan fingerprint density at radius 2 is 1.36 bits per heavy atom. The molecule has 3 aromatic rings. The molecule has 0 saturated heterocycles. The molecule has 0 radical (unpaired) electrons. The fourth-order valence-corrected chi connectivity index (χ4v) is 2.53. The summed E-state index contributed by atoms with van der Waals surface area (Å²) in [6.07, 6.45) is 1.60. The molecule has 0 saturated carbocycles. The number of benzene rings is 2. The fourth-order valence-electron chi connectivity index (χ4n) is 2.53. The molecule has 2 aromatic carbocycles. The fraction of sp³-hybridized carbons (Fsp3) is 0. The SMILES string of the molecule is NC(=O)[n+]1ccc(-c2ccccc2)c(-c2ccccc2)c1N. The Bertz CT molecular complexity index is 814. The van der Waals surface area contributed by atoms with Gasteiger partial charge in [-0.15, -0.1) is 0 Å². The number of amides is 1. The average Bonchev–Trinajstić information content (AvgIpc) is 2.55. The first kappa shape index (κ1) is 13.8. The lowest BCUT2D eigenvalue weighted by atomic mass is 9.95. The zero-order valence-electron chi connectivity index (χ0n) is 11.9. The van der Waals surface area contributed by atoms with Gasteiger partial charge in [0, 0.05) is 0 Å². The molecule has 1 aromatic heterocycles. The summed E-state index contributed by atoms with van der Waals surface area (Å²) in [5.74, 6) is 0.333. The summed E-state index contributed by atoms with van der Waals surface area (Å²) >= 11 is 0. The maximum Gasteiger partial charge on any atom is 0.438 e. The highest BCUT2D eigenvalue weighted by Gasteiger charge is 2.19. The summed E-state index contributed by atoms with van der Waals surface area (Å²) < 4.78 is 1.26. The van der Waals surface area contributed by atoms with Crippen LogP contribution < -0.4 is 16.0 Å². The summed E-state index contributed by atoms with van der Waals surface area (Å²) in [6, 6.07) is 20.9. The van der Waals surface area contributed by atoms with Gasteiger partial charge in [0.15, 0.2) is 0 Å². The van der Waals surface area contributed by atoms with Crippen molar-refractivity contribution < 1.29 is 9.36 Å². The quantitative estimate of drug-likeness (QED) is 0.712. The lowest BCUT2D eigenvalue weighted by Gasteiger charge is -2.13. The zero-order chi connectivity index (χ0) is 15.5. The molecule has 0 bridgehead atoms. The number of aromatic nitrogens is 1. The van der Waals surface area contributed by atoms with Crippen LogP contribution in [-0.2, 0) is 0 Å². The van der Waals surface area contributed by atoms with Crippen molar-refractivity contribution in [3.05, 3.63) is 72.9 Å². The van der Waals surface area contributed by atoms with Gasteiger partial charge in [-0.1, -0.05) is 60.7 Å². The van der Waals surface area contributed by atoms with E-state index in [0.29, 0.717) is 5.82 Å². The van der Waals surface area contributed by atoms with Crippen LogP contribution in [0.15, 0.2) is 72.9 Å². The largest absolute Gasteiger partial charge is 0.438 e. The highest BCUT2D eigenvalue weighted by molar-refractivity contribution is 5.89. The standard InChI is InChI=1S/C18H15N3O/c19-17-16(14-9-5-2-6-10-14)15(11-12-21(17)18(20)22)13-7-3-1-4-8-13/h1-12,19H,(H2,20,22)/p+1. The van der Waals surface area contributed by atoms with Gasteiger partial charge in [-0.05, 0) is 22.8 Å². The lowest BCUT2D eigenvalue weighted by molar-refractivity contribution is -0.553. The lowest BCUT2D eigenvalue weighted by Crippen LogP contribution is -2.49. The molecule has 3 rings (SSSR count). The second kappa shape index (κ2) is 5.69. The number of hydrogen-bond donors (Lipinski definition) is 2. The van der Waals surface area contributed by atoms with Crippen LogP contribution in [0.3, 0.4) is 0 Å². The van der Waals surface area contributed by atoms with Crippen molar-refractivity contribution in [1.82, 2.24) is 0 Å². The van der Waals surface area contributed by atoms with Gasteiger partial charge in [0.05, 0.1) is 11.8 Å². The highest BCUT2D eigenvalue weighted by atomic mass is 16.2. The molecule has 0 aliphatic heterocycles. The molecule has 4 heteroatoms. The molecular weight excluding hydrogens is 274 g/mol. The molecule has 108 valence electrons. The number of carbonyl (C=O) groups excluding carboxylic acids is 1. The van der Waals surface area contributed by atoms with E-state index in [-0.39, 0.29) is 0 Å². The smallest absolute Gasteiger partial charge is 0.318 e. The van der Waals surface area contributed by atoms with Crippen molar-refractivity contribution >= 4 is 11.8 Å². The molecular formula is C18H16N3O+. The number of carbonyl (C=O) groups is 1. The number of primary amides is 1. The molecule has 4 nitrogen and oxygen atoms in total. The predicted molar refractivity (Wildman–Crippen MR) is 86.9 cm³/mol. The molecule has 0 spiro atoms. The first-order valence-electron chi connectivity index (χ1n) is 6.93. The van der Waals surface area contributed by atoms with Crippen molar-refractivity contribution in [2.45, 2.75) is 0 Å². The second-order valence-electron chi connectivity index (χ2n) is 4.93. The number of rotatable bonds is 2. The van der Waals surface area contributed by atoms with Crippen molar-refractivity contribution in [3.8, 4) is 22.3 Å². The minimum Gasteiger partial charge on any atom is -0.318 e. The molecule has 0 fully saturated rings. The van der Waals surface area contributed by atoms with Crippen LogP contribution in [0.1, 0.15) is 0 Å². The highest BCUT2D eigenvalue weighted by Crippen LogP contribution is 2.34. The van der Waals surface area contributed by atoms with Gasteiger partial charge < -0.3 is 5.73 Å². The Kier molecular flexibility index (Phi) is 3.58. The van der Waals surface area contributed by atoms with Gasteiger partial charge in [0.2, 0.25) is 5.82 Å². The minimum absolute atomic E-state index is 0.333. The summed E-state index contributed by atoms with van der Waals surface area (Å²) in [6.45, 7) is 0. The number of anilines is 1. The first-order valence-corrected chi connectivity index (χ1v) is 6.93. The van der Waals surface area contributed by atoms with E-state index in [1.54, 1.807) is 6.20 Å². The molecule has 0 atom stereocenters. The van der Waals surface area contributed by atoms with Crippen LogP contribution in [0.25, 0.3) is 22.3 Å². The Balaban J connectivity index is 2.32. The van der Waals surface area contributed by atoms with Gasteiger partial charge in [-0.2, -0.15) is 4.57 Å². The van der Waals surface area contributed by atoms with Gasteiger partial charge in [-0.25, -0.2) is 4.79 Å². The normalized spacial score (nSPS) is 10.4. The van der Waals surface area contributed by atoms with Gasteiger partial charge in [0.1, 0.15) is 0 Å². The minimum atomic E-state index is -0.603. The van der Waals surface area contributed by atoms with E-state index in [1.165, 1.54) is 4.57 Å². The Hall–Kier alpha value is -3.14. The molecule has 1 amide bonds. The molecule has 1 heterocycles. The summed E-state index contributed by atoms with van der Waals surface area (Å²) in [7, 11) is 0. The Labute approximate surface area is 128 Å².